The van der Waals surface area contributed by atoms with Gasteiger partial charge in [-0.1, -0.05) is 34.1 Å². The van der Waals surface area contributed by atoms with Crippen LogP contribution in [-0.4, -0.2) is 28.6 Å². The zero-order valence-corrected chi connectivity index (χ0v) is 20.7. The maximum absolute atomic E-state index is 13.5. The largest absolute Gasteiger partial charge is 0.450 e. The van der Waals surface area contributed by atoms with Gasteiger partial charge in [-0.2, -0.15) is 0 Å². The first-order valence-corrected chi connectivity index (χ1v) is 11.9. The van der Waals surface area contributed by atoms with E-state index in [2.05, 4.69) is 48.2 Å². The molecule has 1 fully saturated rings. The molecule has 1 aromatic heterocycles. The molecule has 0 unspecified atom stereocenters. The van der Waals surface area contributed by atoms with Crippen molar-refractivity contribution in [3.8, 4) is 0 Å². The number of aromatic nitrogens is 1. The fraction of sp³-hybridized carbons (Fsp3) is 0.783. The number of carbonyl (C=O) groups excluding carboxylic acids is 2. The Kier molecular flexibility index (Phi) is 7.59. The molecule has 0 radical (unpaired) electrons. The van der Waals surface area contributed by atoms with E-state index in [0.29, 0.717) is 13.0 Å². The Hall–Kier alpha value is -1.63. The van der Waals surface area contributed by atoms with Crippen molar-refractivity contribution < 1.29 is 14.3 Å². The number of unbranched alkanes of at least 4 members (excludes halogenated alkanes) is 1. The molecule has 0 aromatic carbocycles. The van der Waals surface area contributed by atoms with E-state index in [4.69, 9.17) is 4.74 Å². The van der Waals surface area contributed by atoms with E-state index < -0.39 is 16.9 Å². The van der Waals surface area contributed by atoms with Gasteiger partial charge in [0.2, 0.25) is 0 Å². The lowest BCUT2D eigenvalue weighted by Crippen LogP contribution is -2.49. The molecule has 0 bridgehead atoms. The van der Waals surface area contributed by atoms with Crippen LogP contribution in [0.1, 0.15) is 86.6 Å². The summed E-state index contributed by atoms with van der Waals surface area (Å²) in [7, 11) is 0. The molecule has 1 aromatic rings. The van der Waals surface area contributed by atoms with Gasteiger partial charge in [-0.05, 0) is 70.3 Å². The van der Waals surface area contributed by atoms with Gasteiger partial charge >= 0.3 is 6.09 Å². The van der Waals surface area contributed by atoms with Crippen LogP contribution in [0, 0.1) is 10.8 Å². The number of aryl methyl sites for hydroxylation is 1. The Morgan fingerprint density at radius 1 is 1.30 bits per heavy atom. The van der Waals surface area contributed by atoms with Crippen LogP contribution in [0.4, 0.5) is 4.79 Å². The van der Waals surface area contributed by atoms with Crippen LogP contribution in [0.2, 0.25) is 0 Å². The Morgan fingerprint density at radius 2 is 1.97 bits per heavy atom. The summed E-state index contributed by atoms with van der Waals surface area (Å²) >= 11 is 1.56. The molecule has 170 valence electrons. The summed E-state index contributed by atoms with van der Waals surface area (Å²) in [6.07, 6.45) is 6.26. The van der Waals surface area contributed by atoms with E-state index in [9.17, 15) is 9.59 Å². The first kappa shape index (κ1) is 24.6. The molecule has 1 saturated carbocycles. The minimum atomic E-state index is -0.643. The first-order chi connectivity index (χ1) is 13.9. The zero-order valence-electron chi connectivity index (χ0n) is 19.9. The summed E-state index contributed by atoms with van der Waals surface area (Å²) < 4.78 is 8.06. The number of amides is 2. The van der Waals surface area contributed by atoms with Gasteiger partial charge in [-0.3, -0.25) is 8.75 Å². The molecular weight excluding hydrogens is 398 g/mol. The highest BCUT2D eigenvalue weighted by Gasteiger charge is 2.56. The van der Waals surface area contributed by atoms with Crippen LogP contribution >= 0.6 is 11.5 Å². The molecule has 30 heavy (non-hydrogen) atoms. The number of ether oxygens (including phenoxy) is 1. The minimum absolute atomic E-state index is 0.0480. The molecule has 0 saturated heterocycles. The number of hydrogen-bond donors (Lipinski definition) is 1. The minimum Gasteiger partial charge on any atom is -0.450 e. The second kappa shape index (κ2) is 9.25. The van der Waals surface area contributed by atoms with Crippen molar-refractivity contribution >= 4 is 23.5 Å². The van der Waals surface area contributed by atoms with E-state index in [1.807, 2.05) is 20.8 Å². The summed E-state index contributed by atoms with van der Waals surface area (Å²) in [5, 5.41) is 2.95. The number of carbonyl (C=O) groups is 2. The summed E-state index contributed by atoms with van der Waals surface area (Å²) in [4.78, 5) is 30.1. The highest BCUT2D eigenvalue weighted by molar-refractivity contribution is 7.04. The Labute approximate surface area is 185 Å². The van der Waals surface area contributed by atoms with Crippen LogP contribution < -0.4 is 9.99 Å². The number of alkyl carbamates (subject to hydrolysis) is 1. The predicted octanol–water partition coefficient (Wildman–Crippen LogP) is 5.02. The monoisotopic (exact) mass is 437 g/mol. The van der Waals surface area contributed by atoms with E-state index in [0.717, 1.165) is 35.9 Å². The van der Waals surface area contributed by atoms with Gasteiger partial charge in [0.25, 0.3) is 5.91 Å². The van der Waals surface area contributed by atoms with Gasteiger partial charge in [0.1, 0.15) is 4.67 Å². The summed E-state index contributed by atoms with van der Waals surface area (Å²) in [6, 6.07) is -0.122. The summed E-state index contributed by atoms with van der Waals surface area (Å²) in [6.45, 7) is 16.8. The quantitative estimate of drug-likeness (QED) is 0.679. The average Bonchev–Trinajstić information content (AvgIpc) is 3.14. The van der Waals surface area contributed by atoms with E-state index in [1.54, 1.807) is 18.5 Å². The van der Waals surface area contributed by atoms with Crippen molar-refractivity contribution in [2.75, 3.05) is 6.61 Å². The predicted molar refractivity (Wildman–Crippen MR) is 122 cm³/mol. The molecule has 1 aliphatic carbocycles. The van der Waals surface area contributed by atoms with Gasteiger partial charge < -0.3 is 10.1 Å². The SMILES string of the molecule is CCCCc1cn(C(C)(C)C)sc1=NC(=O)[C@]1(C)CC[C@H](NC(=O)OCC)C1(C)C. The topological polar surface area (TPSA) is 72.7 Å². The van der Waals surface area contributed by atoms with Crippen LogP contribution in [0.5, 0.6) is 0 Å². The Morgan fingerprint density at radius 3 is 2.53 bits per heavy atom. The lowest BCUT2D eigenvalue weighted by atomic mass is 9.67. The molecule has 1 heterocycles. The van der Waals surface area contributed by atoms with Crippen molar-refractivity contribution in [3.05, 3.63) is 16.4 Å². The van der Waals surface area contributed by atoms with Crippen LogP contribution in [0.3, 0.4) is 0 Å². The molecule has 2 rings (SSSR count). The third-order valence-electron chi connectivity index (χ3n) is 6.66. The maximum Gasteiger partial charge on any atom is 0.407 e. The summed E-state index contributed by atoms with van der Waals surface area (Å²) in [5.74, 6) is -0.0960. The first-order valence-electron chi connectivity index (χ1n) is 11.1. The number of nitrogens with one attached hydrogen (secondary N) is 1. The van der Waals surface area contributed by atoms with Crippen LogP contribution in [0.15, 0.2) is 11.2 Å². The van der Waals surface area contributed by atoms with Crippen molar-refractivity contribution in [1.82, 2.24) is 9.27 Å². The molecule has 0 aliphatic heterocycles. The zero-order chi connectivity index (χ0) is 22.7. The lowest BCUT2D eigenvalue weighted by Gasteiger charge is -2.39. The molecule has 1 N–H and O–H groups in total. The highest BCUT2D eigenvalue weighted by Crippen LogP contribution is 2.53. The number of nitrogens with zero attached hydrogens (tertiary/aromatic N) is 2. The van der Waals surface area contributed by atoms with Gasteiger partial charge in [0.05, 0.1) is 12.0 Å². The molecule has 2 atom stereocenters. The average molecular weight is 438 g/mol. The third kappa shape index (κ3) is 4.98. The smallest absolute Gasteiger partial charge is 0.407 e. The lowest BCUT2D eigenvalue weighted by molar-refractivity contribution is -0.132. The molecular formula is C23H39N3O3S. The molecule has 1 aliphatic rings. The van der Waals surface area contributed by atoms with Crippen molar-refractivity contribution in [2.45, 2.75) is 99.1 Å². The van der Waals surface area contributed by atoms with Gasteiger partial charge in [-0.25, -0.2) is 9.79 Å². The molecule has 7 heteroatoms. The fourth-order valence-corrected chi connectivity index (χ4v) is 5.04. The normalized spacial score (nSPS) is 24.1. The van der Waals surface area contributed by atoms with E-state index >= 15 is 0 Å². The maximum atomic E-state index is 13.5. The molecule has 6 nitrogen and oxygen atoms in total. The third-order valence-corrected chi connectivity index (χ3v) is 8.04. The van der Waals surface area contributed by atoms with Crippen molar-refractivity contribution in [3.63, 3.8) is 0 Å². The van der Waals surface area contributed by atoms with Gasteiger partial charge in [0, 0.05) is 23.3 Å². The van der Waals surface area contributed by atoms with Crippen molar-refractivity contribution in [1.29, 1.82) is 0 Å². The van der Waals surface area contributed by atoms with Gasteiger partial charge in [-0.15, -0.1) is 0 Å². The van der Waals surface area contributed by atoms with E-state index in [-0.39, 0.29) is 17.5 Å². The second-order valence-corrected chi connectivity index (χ2v) is 11.0. The highest BCUT2D eigenvalue weighted by atomic mass is 32.1. The fourth-order valence-electron chi connectivity index (χ4n) is 4.00. The van der Waals surface area contributed by atoms with Crippen LogP contribution in [-0.2, 0) is 21.5 Å². The number of rotatable bonds is 6. The summed E-state index contributed by atoms with van der Waals surface area (Å²) in [5.41, 5.74) is 0.0237. The van der Waals surface area contributed by atoms with Crippen molar-refractivity contribution in [2.24, 2.45) is 15.8 Å². The molecule has 2 amide bonds. The van der Waals surface area contributed by atoms with Gasteiger partial charge in [0.15, 0.2) is 0 Å². The standard InChI is InChI=1S/C23H39N3O3S/c1-9-11-12-16-15-26(21(3,4)5)30-18(16)25-19(27)23(8)14-13-17(22(23,6)7)24-20(28)29-10-2/h15,17H,9-14H2,1-8H3,(H,24,28)/t17-,23-/m0/s1. The second-order valence-electron chi connectivity index (χ2n) is 10.1. The van der Waals surface area contributed by atoms with Crippen LogP contribution in [0.25, 0.3) is 0 Å². The van der Waals surface area contributed by atoms with E-state index in [1.165, 1.54) is 0 Å². The number of hydrogen-bond acceptors (Lipinski definition) is 4. The Balaban J connectivity index is 2.36. The Bertz CT molecular complexity index is 831. The molecule has 0 spiro atoms.